The summed E-state index contributed by atoms with van der Waals surface area (Å²) in [6.45, 7) is 0. The molecule has 1 aliphatic heterocycles. The number of hydrogen-bond donors (Lipinski definition) is 0. The fraction of sp³-hybridized carbons (Fsp3) is 0.263. The molecule has 0 radical (unpaired) electrons. The largest absolute Gasteiger partial charge is 0.463 e. The number of amides is 2. The molecule has 1 saturated carbocycles. The van der Waals surface area contributed by atoms with Crippen LogP contribution in [0.2, 0.25) is 5.02 Å². The Balaban J connectivity index is 1.49. The molecule has 1 aromatic carbocycles. The maximum atomic E-state index is 12.6. The van der Waals surface area contributed by atoms with Crippen LogP contribution in [0, 0.1) is 23.7 Å². The molecular formula is C19H13ClN2O4. The predicted octanol–water partition coefficient (Wildman–Crippen LogP) is 2.59. The standard InChI is InChI=1S/C19H13ClN2O4/c20-12-3-4-14-13(6-12)17(23)11(8-26-14)7-21-22-18(24)15-9-1-2-10(5-9)16(15)19(22)25/h1-4,6-10,15-16H,5H2/b21-7+. The summed E-state index contributed by atoms with van der Waals surface area (Å²) in [6, 6.07) is 4.75. The minimum absolute atomic E-state index is 0.120. The lowest BCUT2D eigenvalue weighted by Crippen LogP contribution is -2.28. The van der Waals surface area contributed by atoms with Crippen molar-refractivity contribution in [3.8, 4) is 0 Å². The van der Waals surface area contributed by atoms with Crippen LogP contribution in [-0.2, 0) is 9.59 Å². The number of hydrogen-bond acceptors (Lipinski definition) is 5. The Kier molecular flexibility index (Phi) is 3.21. The van der Waals surface area contributed by atoms with E-state index in [0.717, 1.165) is 11.4 Å². The van der Waals surface area contributed by atoms with Crippen molar-refractivity contribution in [1.29, 1.82) is 0 Å². The van der Waals surface area contributed by atoms with E-state index >= 15 is 0 Å². The Bertz CT molecular complexity index is 1060. The summed E-state index contributed by atoms with van der Waals surface area (Å²) in [4.78, 5) is 37.7. The Morgan fingerprint density at radius 2 is 1.81 bits per heavy atom. The van der Waals surface area contributed by atoms with Crippen LogP contribution in [0.1, 0.15) is 12.0 Å². The number of halogens is 1. The zero-order valence-electron chi connectivity index (χ0n) is 13.5. The first-order valence-electron chi connectivity index (χ1n) is 8.36. The maximum absolute atomic E-state index is 12.6. The highest BCUT2D eigenvalue weighted by Gasteiger charge is 2.59. The molecule has 26 heavy (non-hydrogen) atoms. The fourth-order valence-corrected chi connectivity index (χ4v) is 4.50. The van der Waals surface area contributed by atoms with Crippen molar-refractivity contribution in [2.45, 2.75) is 6.42 Å². The van der Waals surface area contributed by atoms with Crippen molar-refractivity contribution in [3.05, 3.63) is 57.4 Å². The minimum atomic E-state index is -0.321. The number of fused-ring (bicyclic) bond motifs is 6. The molecule has 4 unspecified atom stereocenters. The molecule has 0 spiro atoms. The molecule has 2 amide bonds. The summed E-state index contributed by atoms with van der Waals surface area (Å²) in [6.07, 6.45) is 7.37. The van der Waals surface area contributed by atoms with Crippen molar-refractivity contribution >= 4 is 40.6 Å². The monoisotopic (exact) mass is 368 g/mol. The molecule has 0 N–H and O–H groups in total. The second kappa shape index (κ2) is 5.38. The summed E-state index contributed by atoms with van der Waals surface area (Å²) in [5.74, 6) is -0.977. The molecule has 2 aliphatic carbocycles. The van der Waals surface area contributed by atoms with Crippen molar-refractivity contribution in [2.24, 2.45) is 28.8 Å². The number of benzene rings is 1. The summed E-state index contributed by atoms with van der Waals surface area (Å²) >= 11 is 5.93. The Hall–Kier alpha value is -2.73. The molecule has 2 fully saturated rings. The van der Waals surface area contributed by atoms with E-state index in [1.165, 1.54) is 18.5 Å². The predicted molar refractivity (Wildman–Crippen MR) is 94.7 cm³/mol. The van der Waals surface area contributed by atoms with E-state index in [2.05, 4.69) is 5.10 Å². The quantitative estimate of drug-likeness (QED) is 0.463. The molecule has 1 aromatic heterocycles. The van der Waals surface area contributed by atoms with Crippen molar-refractivity contribution in [2.75, 3.05) is 0 Å². The third kappa shape index (κ3) is 2.05. The zero-order valence-corrected chi connectivity index (χ0v) is 14.2. The van der Waals surface area contributed by atoms with Gasteiger partial charge in [-0.15, -0.1) is 0 Å². The lowest BCUT2D eigenvalue weighted by atomic mass is 9.85. The average molecular weight is 369 g/mol. The first-order valence-corrected chi connectivity index (χ1v) is 8.73. The Labute approximate surface area is 152 Å². The lowest BCUT2D eigenvalue weighted by Gasteiger charge is -2.13. The number of allylic oxidation sites excluding steroid dienone is 2. The van der Waals surface area contributed by atoms with Crippen LogP contribution in [0.4, 0.5) is 0 Å². The highest BCUT2D eigenvalue weighted by molar-refractivity contribution is 6.31. The highest BCUT2D eigenvalue weighted by Crippen LogP contribution is 2.52. The average Bonchev–Trinajstić information content (AvgIpc) is 3.30. The molecule has 130 valence electrons. The maximum Gasteiger partial charge on any atom is 0.254 e. The van der Waals surface area contributed by atoms with E-state index in [1.807, 2.05) is 12.2 Å². The normalized spacial score (nSPS) is 29.5. The molecule has 1 saturated heterocycles. The molecule has 6 nitrogen and oxygen atoms in total. The van der Waals surface area contributed by atoms with E-state index in [4.69, 9.17) is 16.0 Å². The topological polar surface area (TPSA) is 80.0 Å². The number of hydrazone groups is 1. The van der Waals surface area contributed by atoms with Gasteiger partial charge in [-0.25, -0.2) is 0 Å². The van der Waals surface area contributed by atoms with Gasteiger partial charge >= 0.3 is 0 Å². The van der Waals surface area contributed by atoms with Gasteiger partial charge in [-0.3, -0.25) is 14.4 Å². The van der Waals surface area contributed by atoms with Gasteiger partial charge in [0.05, 0.1) is 29.0 Å². The van der Waals surface area contributed by atoms with Crippen molar-refractivity contribution in [1.82, 2.24) is 5.01 Å². The van der Waals surface area contributed by atoms with Gasteiger partial charge < -0.3 is 4.42 Å². The van der Waals surface area contributed by atoms with E-state index in [1.54, 1.807) is 12.1 Å². The van der Waals surface area contributed by atoms with E-state index < -0.39 is 0 Å². The number of imide groups is 1. The third-order valence-electron chi connectivity index (χ3n) is 5.52. The zero-order chi connectivity index (χ0) is 18.0. The highest BCUT2D eigenvalue weighted by atomic mass is 35.5. The molecule has 5 rings (SSSR count). The number of carbonyl (C=O) groups excluding carboxylic acids is 2. The van der Waals surface area contributed by atoms with Gasteiger partial charge in [0.25, 0.3) is 11.8 Å². The molecular weight excluding hydrogens is 356 g/mol. The number of rotatable bonds is 2. The second-order valence-electron chi connectivity index (χ2n) is 6.89. The van der Waals surface area contributed by atoms with Gasteiger partial charge in [-0.2, -0.15) is 10.1 Å². The molecule has 2 bridgehead atoms. The smallest absolute Gasteiger partial charge is 0.254 e. The van der Waals surface area contributed by atoms with E-state index in [9.17, 15) is 14.4 Å². The molecule has 3 aliphatic rings. The minimum Gasteiger partial charge on any atom is -0.463 e. The van der Waals surface area contributed by atoms with Gasteiger partial charge in [0.15, 0.2) is 0 Å². The van der Waals surface area contributed by atoms with Crippen LogP contribution in [0.5, 0.6) is 0 Å². The third-order valence-corrected chi connectivity index (χ3v) is 5.76. The van der Waals surface area contributed by atoms with Crippen molar-refractivity contribution < 1.29 is 14.0 Å². The van der Waals surface area contributed by atoms with Crippen LogP contribution < -0.4 is 5.43 Å². The van der Waals surface area contributed by atoms with Gasteiger partial charge in [0, 0.05) is 5.02 Å². The SMILES string of the molecule is O=C1C2C3C=CC(C3)C2C(=O)N1/N=C/c1coc2ccc(Cl)cc2c1=O. The van der Waals surface area contributed by atoms with Crippen LogP contribution in [0.3, 0.4) is 0 Å². The van der Waals surface area contributed by atoms with Crippen LogP contribution >= 0.6 is 11.6 Å². The van der Waals surface area contributed by atoms with Crippen molar-refractivity contribution in [3.63, 3.8) is 0 Å². The molecule has 4 atom stereocenters. The van der Waals surface area contributed by atoms with Crippen LogP contribution in [0.25, 0.3) is 11.0 Å². The number of nitrogens with zero attached hydrogens (tertiary/aromatic N) is 2. The van der Waals surface area contributed by atoms with E-state index in [0.29, 0.717) is 16.0 Å². The second-order valence-corrected chi connectivity index (χ2v) is 7.33. The summed E-state index contributed by atoms with van der Waals surface area (Å²) < 4.78 is 5.42. The first-order chi connectivity index (χ1) is 12.5. The van der Waals surface area contributed by atoms with Crippen LogP contribution in [-0.4, -0.2) is 23.0 Å². The summed E-state index contributed by atoms with van der Waals surface area (Å²) in [5, 5.41) is 5.65. The lowest BCUT2D eigenvalue weighted by molar-refractivity contribution is -0.140. The van der Waals surface area contributed by atoms with Crippen LogP contribution in [0.15, 0.2) is 50.9 Å². The molecule has 2 aromatic rings. The van der Waals surface area contributed by atoms with Gasteiger partial charge in [0.1, 0.15) is 11.8 Å². The molecule has 2 heterocycles. The van der Waals surface area contributed by atoms with E-state index in [-0.39, 0.29) is 46.5 Å². The summed E-state index contributed by atoms with van der Waals surface area (Å²) in [7, 11) is 0. The van der Waals surface area contributed by atoms with Gasteiger partial charge in [-0.1, -0.05) is 23.8 Å². The first kappa shape index (κ1) is 15.5. The molecule has 7 heteroatoms. The fourth-order valence-electron chi connectivity index (χ4n) is 4.33. The Morgan fingerprint density at radius 1 is 1.12 bits per heavy atom. The number of carbonyl (C=O) groups is 2. The van der Waals surface area contributed by atoms with Gasteiger partial charge in [-0.05, 0) is 36.5 Å². The van der Waals surface area contributed by atoms with Gasteiger partial charge in [0.2, 0.25) is 5.43 Å². The Morgan fingerprint density at radius 3 is 2.50 bits per heavy atom. The summed E-state index contributed by atoms with van der Waals surface area (Å²) in [5.41, 5.74) is 0.235.